The van der Waals surface area contributed by atoms with E-state index in [-0.39, 0.29) is 6.04 Å². The van der Waals surface area contributed by atoms with Crippen molar-refractivity contribution in [1.82, 2.24) is 5.32 Å². The molecule has 0 aliphatic rings. The van der Waals surface area contributed by atoms with Crippen LogP contribution in [0.1, 0.15) is 29.7 Å². The van der Waals surface area contributed by atoms with Crippen molar-refractivity contribution in [1.29, 1.82) is 0 Å². The van der Waals surface area contributed by atoms with E-state index in [0.717, 1.165) is 23.2 Å². The molecule has 1 unspecified atom stereocenters. The van der Waals surface area contributed by atoms with Crippen molar-refractivity contribution < 1.29 is 4.74 Å². The van der Waals surface area contributed by atoms with Crippen LogP contribution in [0.15, 0.2) is 46.9 Å². The van der Waals surface area contributed by atoms with Gasteiger partial charge in [0.25, 0.3) is 0 Å². The fraction of sp³-hybridized carbons (Fsp3) is 0.333. The lowest BCUT2D eigenvalue weighted by atomic mass is 9.96. The monoisotopic (exact) mass is 347 g/mol. The number of methoxy groups -OCH3 is 1. The number of hydrogen-bond acceptors (Lipinski definition) is 2. The molecule has 0 fully saturated rings. The molecule has 2 rings (SSSR count). The predicted molar refractivity (Wildman–Crippen MR) is 92.0 cm³/mol. The van der Waals surface area contributed by atoms with Gasteiger partial charge in [-0.05, 0) is 48.7 Å². The predicted octanol–water partition coefficient (Wildman–Crippen LogP) is 4.66. The van der Waals surface area contributed by atoms with Gasteiger partial charge >= 0.3 is 0 Å². The minimum atomic E-state index is 0.288. The Bertz CT molecular complexity index is 598. The molecule has 1 atom stereocenters. The van der Waals surface area contributed by atoms with Crippen LogP contribution in [0.3, 0.4) is 0 Å². The highest BCUT2D eigenvalue weighted by Crippen LogP contribution is 2.30. The topological polar surface area (TPSA) is 21.3 Å². The zero-order chi connectivity index (χ0) is 15.2. The number of ether oxygens (including phenoxy) is 1. The highest BCUT2D eigenvalue weighted by atomic mass is 79.9. The van der Waals surface area contributed by atoms with Crippen LogP contribution in [-0.2, 0) is 6.42 Å². The van der Waals surface area contributed by atoms with E-state index in [1.165, 1.54) is 16.7 Å². The molecule has 1 N–H and O–H groups in total. The SMILES string of the molecule is CCNC(Cc1ccccc1C)c1ccc(OC)cc1Br. The Morgan fingerprint density at radius 3 is 2.57 bits per heavy atom. The second-order valence-corrected chi connectivity index (χ2v) is 5.98. The summed E-state index contributed by atoms with van der Waals surface area (Å²) in [6.45, 7) is 5.25. The molecule has 21 heavy (non-hydrogen) atoms. The molecule has 3 heteroatoms. The Balaban J connectivity index is 2.29. The van der Waals surface area contributed by atoms with Gasteiger partial charge in [0.2, 0.25) is 0 Å². The maximum absolute atomic E-state index is 5.28. The maximum atomic E-state index is 5.28. The average Bonchev–Trinajstić information content (AvgIpc) is 2.49. The van der Waals surface area contributed by atoms with Crippen LogP contribution in [0, 0.1) is 6.92 Å². The molecule has 0 saturated carbocycles. The van der Waals surface area contributed by atoms with Crippen molar-refractivity contribution in [3.05, 3.63) is 63.6 Å². The van der Waals surface area contributed by atoms with Gasteiger partial charge in [-0.25, -0.2) is 0 Å². The molecule has 2 nitrogen and oxygen atoms in total. The lowest BCUT2D eigenvalue weighted by Gasteiger charge is -2.21. The third kappa shape index (κ3) is 4.08. The van der Waals surface area contributed by atoms with Gasteiger partial charge in [0.15, 0.2) is 0 Å². The van der Waals surface area contributed by atoms with E-state index in [1.807, 2.05) is 12.1 Å². The molecule has 2 aromatic carbocycles. The van der Waals surface area contributed by atoms with E-state index in [9.17, 15) is 0 Å². The number of halogens is 1. The van der Waals surface area contributed by atoms with Crippen LogP contribution in [0.5, 0.6) is 5.75 Å². The molecule has 0 aromatic heterocycles. The molecule has 0 bridgehead atoms. The Morgan fingerprint density at radius 1 is 1.19 bits per heavy atom. The van der Waals surface area contributed by atoms with Crippen molar-refractivity contribution in [2.45, 2.75) is 26.3 Å². The van der Waals surface area contributed by atoms with Crippen LogP contribution in [0.4, 0.5) is 0 Å². The van der Waals surface area contributed by atoms with Gasteiger partial charge in [-0.15, -0.1) is 0 Å². The molecule has 0 spiro atoms. The van der Waals surface area contributed by atoms with Crippen LogP contribution < -0.4 is 10.1 Å². The molecule has 0 amide bonds. The number of benzene rings is 2. The van der Waals surface area contributed by atoms with Crippen molar-refractivity contribution >= 4 is 15.9 Å². The highest BCUT2D eigenvalue weighted by Gasteiger charge is 2.15. The van der Waals surface area contributed by atoms with Crippen molar-refractivity contribution in [2.75, 3.05) is 13.7 Å². The molecule has 112 valence electrons. The van der Waals surface area contributed by atoms with E-state index in [1.54, 1.807) is 7.11 Å². The normalized spacial score (nSPS) is 12.2. The zero-order valence-corrected chi connectivity index (χ0v) is 14.4. The van der Waals surface area contributed by atoms with E-state index >= 15 is 0 Å². The molecule has 0 aliphatic carbocycles. The lowest BCUT2D eigenvalue weighted by Crippen LogP contribution is -2.23. The quantitative estimate of drug-likeness (QED) is 0.820. The summed E-state index contributed by atoms with van der Waals surface area (Å²) in [5.41, 5.74) is 3.98. The van der Waals surface area contributed by atoms with Gasteiger partial charge in [0.05, 0.1) is 7.11 Å². The third-order valence-electron chi connectivity index (χ3n) is 3.72. The van der Waals surface area contributed by atoms with Gasteiger partial charge in [-0.3, -0.25) is 0 Å². The van der Waals surface area contributed by atoms with Crippen LogP contribution >= 0.6 is 15.9 Å². The molecule has 2 aromatic rings. The summed E-state index contributed by atoms with van der Waals surface area (Å²) in [4.78, 5) is 0. The van der Waals surface area contributed by atoms with Crippen molar-refractivity contribution in [3.63, 3.8) is 0 Å². The summed E-state index contributed by atoms with van der Waals surface area (Å²) < 4.78 is 6.36. The minimum absolute atomic E-state index is 0.288. The summed E-state index contributed by atoms with van der Waals surface area (Å²) in [6, 6.07) is 15.0. The molecular formula is C18H22BrNO. The first-order valence-corrected chi connectivity index (χ1v) is 8.06. The van der Waals surface area contributed by atoms with Gasteiger partial charge in [0.1, 0.15) is 5.75 Å². The van der Waals surface area contributed by atoms with E-state index < -0.39 is 0 Å². The first-order valence-electron chi connectivity index (χ1n) is 7.27. The average molecular weight is 348 g/mol. The smallest absolute Gasteiger partial charge is 0.120 e. The summed E-state index contributed by atoms with van der Waals surface area (Å²) in [5.74, 6) is 0.872. The van der Waals surface area contributed by atoms with E-state index in [2.05, 4.69) is 65.4 Å². The zero-order valence-electron chi connectivity index (χ0n) is 12.8. The lowest BCUT2D eigenvalue weighted by molar-refractivity contribution is 0.414. The standard InChI is InChI=1S/C18H22BrNO/c1-4-20-18(11-14-8-6-5-7-13(14)2)16-10-9-15(21-3)12-17(16)19/h5-10,12,18,20H,4,11H2,1-3H3. The molecule has 0 heterocycles. The Kier molecular flexibility index (Phi) is 5.83. The number of nitrogens with one attached hydrogen (secondary N) is 1. The molecular weight excluding hydrogens is 326 g/mol. The number of likely N-dealkylation sites (N-methyl/N-ethyl adjacent to an activating group) is 1. The minimum Gasteiger partial charge on any atom is -0.497 e. The Hall–Kier alpha value is -1.32. The first-order chi connectivity index (χ1) is 10.2. The largest absolute Gasteiger partial charge is 0.497 e. The Morgan fingerprint density at radius 2 is 1.95 bits per heavy atom. The second kappa shape index (κ2) is 7.62. The molecule has 0 radical (unpaired) electrons. The second-order valence-electron chi connectivity index (χ2n) is 5.13. The summed E-state index contributed by atoms with van der Waals surface area (Å²) in [5, 5.41) is 3.58. The first kappa shape index (κ1) is 16.1. The highest BCUT2D eigenvalue weighted by molar-refractivity contribution is 9.10. The van der Waals surface area contributed by atoms with Gasteiger partial charge < -0.3 is 10.1 Å². The van der Waals surface area contributed by atoms with Gasteiger partial charge in [0, 0.05) is 10.5 Å². The number of aryl methyl sites for hydroxylation is 1. The number of rotatable bonds is 6. The Labute approximate surface area is 135 Å². The fourth-order valence-electron chi connectivity index (χ4n) is 2.51. The molecule has 0 saturated heterocycles. The van der Waals surface area contributed by atoms with Gasteiger partial charge in [-0.2, -0.15) is 0 Å². The number of hydrogen-bond donors (Lipinski definition) is 1. The van der Waals surface area contributed by atoms with E-state index in [0.29, 0.717) is 0 Å². The summed E-state index contributed by atoms with van der Waals surface area (Å²) in [7, 11) is 1.69. The van der Waals surface area contributed by atoms with Crippen molar-refractivity contribution in [3.8, 4) is 5.75 Å². The van der Waals surface area contributed by atoms with Gasteiger partial charge in [-0.1, -0.05) is 53.2 Å². The van der Waals surface area contributed by atoms with Crippen LogP contribution in [0.25, 0.3) is 0 Å². The van der Waals surface area contributed by atoms with Crippen LogP contribution in [-0.4, -0.2) is 13.7 Å². The summed E-state index contributed by atoms with van der Waals surface area (Å²) in [6.07, 6.45) is 0.978. The molecule has 0 aliphatic heterocycles. The third-order valence-corrected chi connectivity index (χ3v) is 4.41. The fourth-order valence-corrected chi connectivity index (χ4v) is 3.15. The maximum Gasteiger partial charge on any atom is 0.120 e. The van der Waals surface area contributed by atoms with E-state index in [4.69, 9.17) is 4.74 Å². The summed E-state index contributed by atoms with van der Waals surface area (Å²) >= 11 is 3.67. The van der Waals surface area contributed by atoms with Crippen LogP contribution in [0.2, 0.25) is 0 Å². The van der Waals surface area contributed by atoms with Crippen molar-refractivity contribution in [2.24, 2.45) is 0 Å².